The molecule has 0 aromatic carbocycles. The Hall–Kier alpha value is -2.25. The van der Waals surface area contributed by atoms with E-state index >= 15 is 0 Å². The van der Waals surface area contributed by atoms with E-state index in [1.165, 1.54) is 4.52 Å². The molecule has 2 aromatic rings. The molecular formula is C11H17N7O. The standard InChI is InChI=1S/C11H17N7O/c1-7(2)4-13-11(19)8(3)14-9-5-12-6-10-15-16-17-18(9)10/h5-8,14H,4H2,1-3H3,(H,13,19). The normalized spacial score (nSPS) is 12.6. The van der Waals surface area contributed by atoms with Crippen LogP contribution in [0.1, 0.15) is 20.8 Å². The third-order valence-electron chi connectivity index (χ3n) is 2.55. The topological polar surface area (TPSA) is 97.1 Å². The minimum Gasteiger partial charge on any atom is -0.357 e. The Morgan fingerprint density at radius 1 is 1.37 bits per heavy atom. The maximum Gasteiger partial charge on any atom is 0.242 e. The van der Waals surface area contributed by atoms with Crippen LogP contribution in [0.2, 0.25) is 0 Å². The molecule has 0 aliphatic heterocycles. The van der Waals surface area contributed by atoms with Gasteiger partial charge in [0.2, 0.25) is 5.91 Å². The van der Waals surface area contributed by atoms with Crippen LogP contribution < -0.4 is 10.6 Å². The minimum atomic E-state index is -0.393. The second kappa shape index (κ2) is 5.59. The molecule has 19 heavy (non-hydrogen) atoms. The third-order valence-corrected chi connectivity index (χ3v) is 2.55. The Bertz CT molecular complexity index is 565. The fourth-order valence-electron chi connectivity index (χ4n) is 1.52. The summed E-state index contributed by atoms with van der Waals surface area (Å²) in [6, 6.07) is -0.393. The molecule has 0 aliphatic carbocycles. The molecule has 0 saturated heterocycles. The van der Waals surface area contributed by atoms with Crippen LogP contribution in [0.15, 0.2) is 12.4 Å². The van der Waals surface area contributed by atoms with Crippen molar-refractivity contribution in [2.75, 3.05) is 11.9 Å². The summed E-state index contributed by atoms with van der Waals surface area (Å²) >= 11 is 0. The van der Waals surface area contributed by atoms with Crippen molar-refractivity contribution < 1.29 is 4.79 Å². The van der Waals surface area contributed by atoms with E-state index in [9.17, 15) is 4.79 Å². The highest BCUT2D eigenvalue weighted by Crippen LogP contribution is 2.07. The van der Waals surface area contributed by atoms with Gasteiger partial charge in [-0.05, 0) is 23.3 Å². The van der Waals surface area contributed by atoms with Crippen molar-refractivity contribution in [3.8, 4) is 0 Å². The molecule has 8 nitrogen and oxygen atoms in total. The number of aromatic nitrogens is 5. The van der Waals surface area contributed by atoms with Crippen molar-refractivity contribution in [2.24, 2.45) is 5.92 Å². The van der Waals surface area contributed by atoms with E-state index in [0.717, 1.165) is 0 Å². The smallest absolute Gasteiger partial charge is 0.242 e. The van der Waals surface area contributed by atoms with E-state index in [0.29, 0.717) is 23.9 Å². The van der Waals surface area contributed by atoms with Crippen LogP contribution in [-0.2, 0) is 4.79 Å². The predicted molar refractivity (Wildman–Crippen MR) is 69.5 cm³/mol. The van der Waals surface area contributed by atoms with Crippen LogP contribution in [0.5, 0.6) is 0 Å². The second-order valence-electron chi connectivity index (χ2n) is 4.75. The largest absolute Gasteiger partial charge is 0.357 e. The van der Waals surface area contributed by atoms with Crippen LogP contribution in [0, 0.1) is 5.92 Å². The zero-order valence-electron chi connectivity index (χ0n) is 11.2. The van der Waals surface area contributed by atoms with Crippen molar-refractivity contribution in [2.45, 2.75) is 26.8 Å². The summed E-state index contributed by atoms with van der Waals surface area (Å²) in [6.07, 6.45) is 3.13. The van der Waals surface area contributed by atoms with Gasteiger partial charge in [0.1, 0.15) is 6.04 Å². The van der Waals surface area contributed by atoms with Crippen LogP contribution in [-0.4, -0.2) is 43.5 Å². The van der Waals surface area contributed by atoms with Gasteiger partial charge < -0.3 is 10.6 Å². The summed E-state index contributed by atoms with van der Waals surface area (Å²) in [5.41, 5.74) is 0.528. The van der Waals surface area contributed by atoms with E-state index in [4.69, 9.17) is 0 Å². The predicted octanol–water partition coefficient (Wildman–Crippen LogP) is 0.0919. The molecule has 2 N–H and O–H groups in total. The van der Waals surface area contributed by atoms with Gasteiger partial charge in [-0.25, -0.2) is 0 Å². The lowest BCUT2D eigenvalue weighted by Gasteiger charge is -2.16. The Labute approximate surface area is 110 Å². The lowest BCUT2D eigenvalue weighted by molar-refractivity contribution is -0.121. The van der Waals surface area contributed by atoms with Crippen molar-refractivity contribution in [1.29, 1.82) is 0 Å². The summed E-state index contributed by atoms with van der Waals surface area (Å²) in [5.74, 6) is 0.925. The SMILES string of the molecule is CC(C)CNC(=O)C(C)Nc1cncc2nnnn12. The summed E-state index contributed by atoms with van der Waals surface area (Å²) in [4.78, 5) is 15.9. The highest BCUT2D eigenvalue weighted by atomic mass is 16.2. The Kier molecular flexibility index (Phi) is 3.88. The summed E-state index contributed by atoms with van der Waals surface area (Å²) in [5, 5.41) is 17.1. The molecule has 0 saturated carbocycles. The van der Waals surface area contributed by atoms with Gasteiger partial charge in [-0.2, -0.15) is 4.52 Å². The highest BCUT2D eigenvalue weighted by Gasteiger charge is 2.14. The number of nitrogens with zero attached hydrogens (tertiary/aromatic N) is 5. The molecule has 1 atom stereocenters. The molecule has 2 heterocycles. The van der Waals surface area contributed by atoms with Crippen molar-refractivity contribution in [3.05, 3.63) is 12.4 Å². The first-order valence-electron chi connectivity index (χ1n) is 6.14. The van der Waals surface area contributed by atoms with Crippen LogP contribution >= 0.6 is 0 Å². The van der Waals surface area contributed by atoms with Gasteiger partial charge in [0.15, 0.2) is 11.5 Å². The van der Waals surface area contributed by atoms with Crippen molar-refractivity contribution in [1.82, 2.24) is 30.3 Å². The Balaban J connectivity index is 2.04. The number of rotatable bonds is 5. The monoisotopic (exact) mass is 263 g/mol. The number of carbonyl (C=O) groups excluding carboxylic acids is 1. The molecule has 1 amide bonds. The Morgan fingerprint density at radius 2 is 2.16 bits per heavy atom. The molecule has 2 rings (SSSR count). The molecular weight excluding hydrogens is 246 g/mol. The quantitative estimate of drug-likeness (QED) is 0.793. The fraction of sp³-hybridized carbons (Fsp3) is 0.545. The van der Waals surface area contributed by atoms with Crippen LogP contribution in [0.25, 0.3) is 5.65 Å². The first kappa shape index (κ1) is 13.2. The van der Waals surface area contributed by atoms with Gasteiger partial charge in [0.05, 0.1) is 12.4 Å². The summed E-state index contributed by atoms with van der Waals surface area (Å²) in [6.45, 7) is 6.52. The number of tetrazole rings is 1. The molecule has 0 aliphatic rings. The number of anilines is 1. The third kappa shape index (κ3) is 3.15. The Morgan fingerprint density at radius 3 is 2.89 bits per heavy atom. The molecule has 0 fully saturated rings. The molecule has 1 unspecified atom stereocenters. The minimum absolute atomic E-state index is 0.0706. The zero-order valence-corrected chi connectivity index (χ0v) is 11.2. The lowest BCUT2D eigenvalue weighted by atomic mass is 10.2. The van der Waals surface area contributed by atoms with Crippen molar-refractivity contribution >= 4 is 17.4 Å². The van der Waals surface area contributed by atoms with Crippen LogP contribution in [0.3, 0.4) is 0 Å². The average Bonchev–Trinajstić information content (AvgIpc) is 2.85. The number of hydrogen-bond acceptors (Lipinski definition) is 6. The first-order valence-corrected chi connectivity index (χ1v) is 6.14. The van der Waals surface area contributed by atoms with E-state index in [2.05, 4.69) is 31.1 Å². The van der Waals surface area contributed by atoms with Gasteiger partial charge in [0, 0.05) is 6.54 Å². The fourth-order valence-corrected chi connectivity index (χ4v) is 1.52. The average molecular weight is 263 g/mol. The maximum absolute atomic E-state index is 11.9. The van der Waals surface area contributed by atoms with Gasteiger partial charge in [-0.3, -0.25) is 9.78 Å². The molecule has 2 aromatic heterocycles. The number of hydrogen-bond donors (Lipinski definition) is 2. The van der Waals surface area contributed by atoms with Crippen LogP contribution in [0.4, 0.5) is 5.82 Å². The molecule has 0 bridgehead atoms. The van der Waals surface area contributed by atoms with Gasteiger partial charge in [-0.15, -0.1) is 5.10 Å². The first-order chi connectivity index (χ1) is 9.08. The molecule has 0 spiro atoms. The lowest BCUT2D eigenvalue weighted by Crippen LogP contribution is -2.39. The molecule has 8 heteroatoms. The van der Waals surface area contributed by atoms with E-state index < -0.39 is 6.04 Å². The molecule has 102 valence electrons. The van der Waals surface area contributed by atoms with E-state index in [-0.39, 0.29) is 5.91 Å². The van der Waals surface area contributed by atoms with Gasteiger partial charge in [0.25, 0.3) is 0 Å². The molecule has 0 radical (unpaired) electrons. The van der Waals surface area contributed by atoms with Gasteiger partial charge >= 0.3 is 0 Å². The second-order valence-corrected chi connectivity index (χ2v) is 4.75. The zero-order chi connectivity index (χ0) is 13.8. The number of amides is 1. The summed E-state index contributed by atoms with van der Waals surface area (Å²) in [7, 11) is 0. The van der Waals surface area contributed by atoms with Gasteiger partial charge in [-0.1, -0.05) is 13.8 Å². The number of nitrogens with one attached hydrogen (secondary N) is 2. The van der Waals surface area contributed by atoms with E-state index in [1.807, 2.05) is 13.8 Å². The summed E-state index contributed by atoms with van der Waals surface area (Å²) < 4.78 is 1.50. The number of fused-ring (bicyclic) bond motifs is 1. The van der Waals surface area contributed by atoms with Crippen molar-refractivity contribution in [3.63, 3.8) is 0 Å². The maximum atomic E-state index is 11.9. The highest BCUT2D eigenvalue weighted by molar-refractivity contribution is 5.83. The number of carbonyl (C=O) groups is 1. The van der Waals surface area contributed by atoms with E-state index in [1.54, 1.807) is 19.3 Å².